The summed E-state index contributed by atoms with van der Waals surface area (Å²) in [6, 6.07) is 9.70. The summed E-state index contributed by atoms with van der Waals surface area (Å²) >= 11 is 0. The Labute approximate surface area is 102 Å². The summed E-state index contributed by atoms with van der Waals surface area (Å²) in [5.74, 6) is -0.0721. The van der Waals surface area contributed by atoms with Crippen molar-refractivity contribution in [2.24, 2.45) is 5.92 Å². The fourth-order valence-electron chi connectivity index (χ4n) is 1.65. The molecule has 0 aliphatic carbocycles. The van der Waals surface area contributed by atoms with Crippen molar-refractivity contribution in [2.45, 2.75) is 19.4 Å². The van der Waals surface area contributed by atoms with Gasteiger partial charge >= 0.3 is 0 Å². The van der Waals surface area contributed by atoms with Crippen LogP contribution >= 0.6 is 0 Å². The van der Waals surface area contributed by atoms with Crippen molar-refractivity contribution in [3.63, 3.8) is 0 Å². The minimum Gasteiger partial charge on any atom is -0.394 e. The van der Waals surface area contributed by atoms with Crippen LogP contribution in [0.15, 0.2) is 30.3 Å². The molecule has 4 nitrogen and oxygen atoms in total. The molecule has 1 rings (SSSR count). The van der Waals surface area contributed by atoms with Crippen molar-refractivity contribution in [1.82, 2.24) is 0 Å². The predicted octanol–water partition coefficient (Wildman–Crippen LogP) is 1.20. The first-order valence-corrected chi connectivity index (χ1v) is 7.27. The number of rotatable bonds is 6. The molecule has 0 heterocycles. The van der Waals surface area contributed by atoms with E-state index in [1.165, 1.54) is 0 Å². The van der Waals surface area contributed by atoms with Gasteiger partial charge in [0.05, 0.1) is 12.9 Å². The minimum atomic E-state index is -3.53. The van der Waals surface area contributed by atoms with Crippen molar-refractivity contribution in [1.29, 1.82) is 0 Å². The van der Waals surface area contributed by atoms with Crippen molar-refractivity contribution in [2.75, 3.05) is 12.9 Å². The van der Waals surface area contributed by atoms with Crippen molar-refractivity contribution < 1.29 is 17.7 Å². The van der Waals surface area contributed by atoms with Crippen LogP contribution in [-0.4, -0.2) is 32.5 Å². The maximum atomic E-state index is 11.0. The number of hydrogen-bond donors (Lipinski definition) is 1. The van der Waals surface area contributed by atoms with Gasteiger partial charge in [0.15, 0.2) is 0 Å². The molecular formula is C12H18O4S. The number of aliphatic hydroxyl groups excluding tert-OH is 1. The van der Waals surface area contributed by atoms with Crippen LogP contribution < -0.4 is 0 Å². The van der Waals surface area contributed by atoms with Gasteiger partial charge < -0.3 is 5.11 Å². The average Bonchev–Trinajstić information content (AvgIpc) is 2.26. The van der Waals surface area contributed by atoms with Crippen LogP contribution in [-0.2, 0) is 20.7 Å². The highest BCUT2D eigenvalue weighted by Gasteiger charge is 2.21. The molecular weight excluding hydrogens is 240 g/mol. The van der Waals surface area contributed by atoms with E-state index >= 15 is 0 Å². The van der Waals surface area contributed by atoms with Gasteiger partial charge in [0, 0.05) is 0 Å². The molecule has 0 aliphatic heterocycles. The third-order valence-electron chi connectivity index (χ3n) is 2.51. The molecule has 2 atom stereocenters. The standard InChI is InChI=1S/C12H18O4S/c1-10(8-11-6-4-3-5-7-11)12(9-13)16-17(2,14)15/h3-7,10,12-13H,8-9H2,1-2H3/t10-,12+/m1/s1. The second-order valence-electron chi connectivity index (χ2n) is 4.19. The summed E-state index contributed by atoms with van der Waals surface area (Å²) in [6.45, 7) is 1.56. The molecule has 1 N–H and O–H groups in total. The van der Waals surface area contributed by atoms with Gasteiger partial charge in [0.25, 0.3) is 10.1 Å². The predicted molar refractivity (Wildman–Crippen MR) is 66.1 cm³/mol. The molecule has 17 heavy (non-hydrogen) atoms. The first-order chi connectivity index (χ1) is 7.92. The quantitative estimate of drug-likeness (QED) is 0.779. The van der Waals surface area contributed by atoms with Gasteiger partial charge in [-0.05, 0) is 17.9 Å². The van der Waals surface area contributed by atoms with Crippen LogP contribution in [0.5, 0.6) is 0 Å². The van der Waals surface area contributed by atoms with Crippen molar-refractivity contribution >= 4 is 10.1 Å². The third-order valence-corrected chi connectivity index (χ3v) is 3.11. The summed E-state index contributed by atoms with van der Waals surface area (Å²) in [5.41, 5.74) is 1.09. The Morgan fingerprint density at radius 1 is 1.29 bits per heavy atom. The van der Waals surface area contributed by atoms with E-state index in [9.17, 15) is 8.42 Å². The zero-order chi connectivity index (χ0) is 12.9. The van der Waals surface area contributed by atoms with Gasteiger partial charge in [-0.25, -0.2) is 0 Å². The molecule has 96 valence electrons. The number of aliphatic hydroxyl groups is 1. The largest absolute Gasteiger partial charge is 0.394 e. The van der Waals surface area contributed by atoms with Crippen LogP contribution in [0.2, 0.25) is 0 Å². The maximum absolute atomic E-state index is 11.0. The van der Waals surface area contributed by atoms with Crippen molar-refractivity contribution in [3.8, 4) is 0 Å². The molecule has 0 saturated carbocycles. The van der Waals surface area contributed by atoms with Gasteiger partial charge in [-0.2, -0.15) is 8.42 Å². The van der Waals surface area contributed by atoms with Crippen LogP contribution in [0.1, 0.15) is 12.5 Å². The molecule has 1 aromatic carbocycles. The highest BCUT2D eigenvalue weighted by atomic mass is 32.2. The normalized spacial score (nSPS) is 15.5. The Morgan fingerprint density at radius 2 is 1.88 bits per heavy atom. The summed E-state index contributed by atoms with van der Waals surface area (Å²) in [5, 5.41) is 9.15. The van der Waals surface area contributed by atoms with Crippen LogP contribution in [0.4, 0.5) is 0 Å². The molecule has 0 spiro atoms. The Morgan fingerprint density at radius 3 is 2.35 bits per heavy atom. The Hall–Kier alpha value is -0.910. The fourth-order valence-corrected chi connectivity index (χ4v) is 2.35. The van der Waals surface area contributed by atoms with E-state index in [0.717, 1.165) is 11.8 Å². The fraction of sp³-hybridized carbons (Fsp3) is 0.500. The Kier molecular flexibility index (Phi) is 5.11. The second kappa shape index (κ2) is 6.14. The monoisotopic (exact) mass is 258 g/mol. The van der Waals surface area contributed by atoms with E-state index in [2.05, 4.69) is 0 Å². The molecule has 0 bridgehead atoms. The van der Waals surface area contributed by atoms with Gasteiger partial charge in [-0.1, -0.05) is 37.3 Å². The van der Waals surface area contributed by atoms with Gasteiger partial charge in [-0.15, -0.1) is 0 Å². The van der Waals surface area contributed by atoms with Gasteiger partial charge in [-0.3, -0.25) is 4.18 Å². The Balaban J connectivity index is 2.64. The van der Waals surface area contributed by atoms with Crippen LogP contribution in [0, 0.1) is 5.92 Å². The smallest absolute Gasteiger partial charge is 0.264 e. The second-order valence-corrected chi connectivity index (χ2v) is 5.79. The molecule has 0 fully saturated rings. The lowest BCUT2D eigenvalue weighted by Crippen LogP contribution is -2.29. The van der Waals surface area contributed by atoms with E-state index in [0.29, 0.717) is 6.42 Å². The third kappa shape index (κ3) is 5.30. The van der Waals surface area contributed by atoms with Gasteiger partial charge in [0.1, 0.15) is 6.10 Å². The van der Waals surface area contributed by atoms with E-state index in [4.69, 9.17) is 9.29 Å². The molecule has 0 unspecified atom stereocenters. The zero-order valence-electron chi connectivity index (χ0n) is 10.0. The zero-order valence-corrected chi connectivity index (χ0v) is 10.9. The molecule has 1 aromatic rings. The highest BCUT2D eigenvalue weighted by Crippen LogP contribution is 2.15. The lowest BCUT2D eigenvalue weighted by Gasteiger charge is -2.21. The van der Waals surface area contributed by atoms with E-state index in [1.54, 1.807) is 0 Å². The van der Waals surface area contributed by atoms with Gasteiger partial charge in [0.2, 0.25) is 0 Å². The topological polar surface area (TPSA) is 63.6 Å². The number of benzene rings is 1. The number of hydrogen-bond acceptors (Lipinski definition) is 4. The molecule has 0 saturated heterocycles. The maximum Gasteiger partial charge on any atom is 0.264 e. The molecule has 0 aromatic heterocycles. The highest BCUT2D eigenvalue weighted by molar-refractivity contribution is 7.86. The van der Waals surface area contributed by atoms with E-state index < -0.39 is 16.2 Å². The average molecular weight is 258 g/mol. The van der Waals surface area contributed by atoms with Crippen LogP contribution in [0.3, 0.4) is 0 Å². The molecule has 5 heteroatoms. The van der Waals surface area contributed by atoms with Crippen LogP contribution in [0.25, 0.3) is 0 Å². The summed E-state index contributed by atoms with van der Waals surface area (Å²) in [4.78, 5) is 0. The lowest BCUT2D eigenvalue weighted by molar-refractivity contribution is 0.0801. The van der Waals surface area contributed by atoms with Crippen molar-refractivity contribution in [3.05, 3.63) is 35.9 Å². The van der Waals surface area contributed by atoms with E-state index in [1.807, 2.05) is 37.3 Å². The summed E-state index contributed by atoms with van der Waals surface area (Å²) in [7, 11) is -3.53. The molecule has 0 amide bonds. The molecule has 0 radical (unpaired) electrons. The van der Waals surface area contributed by atoms with E-state index in [-0.39, 0.29) is 12.5 Å². The minimum absolute atomic E-state index is 0.0721. The molecule has 0 aliphatic rings. The summed E-state index contributed by atoms with van der Waals surface area (Å²) in [6.07, 6.45) is 0.970. The summed E-state index contributed by atoms with van der Waals surface area (Å²) < 4.78 is 26.9. The first-order valence-electron chi connectivity index (χ1n) is 5.45. The Bertz CT molecular complexity index is 427. The SMILES string of the molecule is C[C@H](Cc1ccccc1)[C@H](CO)OS(C)(=O)=O. The first kappa shape index (κ1) is 14.2. The lowest BCUT2D eigenvalue weighted by atomic mass is 9.96.